The fraction of sp³-hybridized carbons (Fsp3) is 0.733. The van der Waals surface area contributed by atoms with Crippen molar-refractivity contribution in [2.75, 3.05) is 39.3 Å². The van der Waals surface area contributed by atoms with Crippen LogP contribution in [0.3, 0.4) is 0 Å². The molecule has 0 amide bonds. The number of furan rings is 1. The van der Waals surface area contributed by atoms with Crippen LogP contribution in [0.4, 0.5) is 0 Å². The van der Waals surface area contributed by atoms with E-state index in [9.17, 15) is 0 Å². The van der Waals surface area contributed by atoms with Crippen LogP contribution in [0.1, 0.15) is 25.0 Å². The lowest BCUT2D eigenvalue weighted by atomic mass is 10.3. The van der Waals surface area contributed by atoms with Gasteiger partial charge in [0.25, 0.3) is 0 Å². The summed E-state index contributed by atoms with van der Waals surface area (Å²) in [6.45, 7) is 8.09. The van der Waals surface area contributed by atoms with Crippen LogP contribution in [0.2, 0.25) is 0 Å². The van der Waals surface area contributed by atoms with Gasteiger partial charge >= 0.3 is 0 Å². The van der Waals surface area contributed by atoms with Crippen molar-refractivity contribution in [2.24, 2.45) is 0 Å². The van der Waals surface area contributed by atoms with Gasteiger partial charge in [0.2, 0.25) is 0 Å². The van der Waals surface area contributed by atoms with Crippen molar-refractivity contribution in [3.8, 4) is 0 Å². The monoisotopic (exact) mass is 263 g/mol. The molecule has 1 saturated carbocycles. The Labute approximate surface area is 115 Å². The van der Waals surface area contributed by atoms with Crippen LogP contribution in [-0.4, -0.2) is 55.1 Å². The van der Waals surface area contributed by atoms with E-state index < -0.39 is 0 Å². The van der Waals surface area contributed by atoms with Crippen LogP contribution in [0.5, 0.6) is 0 Å². The third-order valence-corrected chi connectivity index (χ3v) is 4.14. The van der Waals surface area contributed by atoms with Crippen molar-refractivity contribution in [2.45, 2.75) is 31.8 Å². The second-order valence-electron chi connectivity index (χ2n) is 5.73. The van der Waals surface area contributed by atoms with Crippen molar-refractivity contribution in [3.63, 3.8) is 0 Å². The molecule has 0 spiro atoms. The van der Waals surface area contributed by atoms with Gasteiger partial charge in [-0.05, 0) is 44.5 Å². The van der Waals surface area contributed by atoms with Gasteiger partial charge < -0.3 is 14.6 Å². The molecule has 2 aliphatic rings. The summed E-state index contributed by atoms with van der Waals surface area (Å²) in [6, 6.07) is 4.88. The minimum Gasteiger partial charge on any atom is -0.468 e. The lowest BCUT2D eigenvalue weighted by Gasteiger charge is -2.26. The summed E-state index contributed by atoms with van der Waals surface area (Å²) in [5, 5.41) is 3.47. The van der Waals surface area contributed by atoms with Crippen molar-refractivity contribution in [3.05, 3.63) is 24.2 Å². The third-order valence-electron chi connectivity index (χ3n) is 4.14. The maximum Gasteiger partial charge on any atom is 0.117 e. The van der Waals surface area contributed by atoms with Crippen LogP contribution in [0.25, 0.3) is 0 Å². The first-order valence-corrected chi connectivity index (χ1v) is 7.61. The first-order chi connectivity index (χ1) is 9.42. The van der Waals surface area contributed by atoms with E-state index in [1.807, 2.05) is 6.07 Å². The average Bonchev–Trinajstić information content (AvgIpc) is 3.19. The van der Waals surface area contributed by atoms with E-state index in [-0.39, 0.29) is 0 Å². The molecule has 4 nitrogen and oxygen atoms in total. The lowest BCUT2D eigenvalue weighted by molar-refractivity contribution is 0.187. The van der Waals surface area contributed by atoms with Gasteiger partial charge in [-0.3, -0.25) is 4.90 Å². The van der Waals surface area contributed by atoms with Gasteiger partial charge in [-0.2, -0.15) is 0 Å². The summed E-state index contributed by atoms with van der Waals surface area (Å²) >= 11 is 0. The molecule has 1 aromatic heterocycles. The first-order valence-electron chi connectivity index (χ1n) is 7.61. The molecular formula is C15H25N3O. The molecule has 0 radical (unpaired) electrons. The van der Waals surface area contributed by atoms with E-state index in [1.54, 1.807) is 6.26 Å². The predicted molar refractivity (Wildman–Crippen MR) is 76.1 cm³/mol. The highest BCUT2D eigenvalue weighted by molar-refractivity contribution is 4.99. The smallest absolute Gasteiger partial charge is 0.117 e. The summed E-state index contributed by atoms with van der Waals surface area (Å²) < 4.78 is 5.49. The van der Waals surface area contributed by atoms with E-state index in [2.05, 4.69) is 21.2 Å². The van der Waals surface area contributed by atoms with Gasteiger partial charge in [0, 0.05) is 32.2 Å². The molecule has 1 aromatic rings. The Hall–Kier alpha value is -0.840. The quantitative estimate of drug-likeness (QED) is 0.843. The molecular weight excluding hydrogens is 238 g/mol. The molecule has 1 saturated heterocycles. The average molecular weight is 263 g/mol. The normalized spacial score (nSPS) is 21.7. The van der Waals surface area contributed by atoms with Gasteiger partial charge in [0.05, 0.1) is 12.8 Å². The zero-order valence-corrected chi connectivity index (χ0v) is 11.7. The molecule has 0 atom stereocenters. The zero-order chi connectivity index (χ0) is 12.9. The highest BCUT2D eigenvalue weighted by atomic mass is 16.3. The van der Waals surface area contributed by atoms with Crippen molar-refractivity contribution in [1.82, 2.24) is 15.1 Å². The SMILES string of the molecule is c1coc(CN(CCN2CCCNCC2)C2CC2)c1. The standard InChI is InChI=1S/C15H25N3O/c1-3-15(19-12-1)13-18(14-4-5-14)11-10-17-8-2-6-16-7-9-17/h1,3,12,14,16H,2,4-11,13H2. The van der Waals surface area contributed by atoms with Crippen LogP contribution >= 0.6 is 0 Å². The van der Waals surface area contributed by atoms with Crippen LogP contribution in [0.15, 0.2) is 22.8 Å². The Bertz CT molecular complexity index is 353. The molecule has 3 rings (SSSR count). The maximum atomic E-state index is 5.49. The number of nitrogens with one attached hydrogen (secondary N) is 1. The molecule has 106 valence electrons. The van der Waals surface area contributed by atoms with E-state index in [1.165, 1.54) is 52.0 Å². The van der Waals surface area contributed by atoms with Crippen LogP contribution in [-0.2, 0) is 6.54 Å². The lowest BCUT2D eigenvalue weighted by Crippen LogP contribution is -2.37. The summed E-state index contributed by atoms with van der Waals surface area (Å²) in [5.74, 6) is 1.10. The molecule has 0 unspecified atom stereocenters. The molecule has 2 fully saturated rings. The molecule has 0 bridgehead atoms. The summed E-state index contributed by atoms with van der Waals surface area (Å²) in [5.41, 5.74) is 0. The first kappa shape index (κ1) is 13.2. The topological polar surface area (TPSA) is 31.7 Å². The van der Waals surface area contributed by atoms with Crippen LogP contribution in [0, 0.1) is 0 Å². The third kappa shape index (κ3) is 4.06. The molecule has 1 aliphatic carbocycles. The van der Waals surface area contributed by atoms with Gasteiger partial charge in [-0.25, -0.2) is 0 Å². The Kier molecular flexibility index (Phi) is 4.53. The van der Waals surface area contributed by atoms with Gasteiger partial charge in [-0.15, -0.1) is 0 Å². The second kappa shape index (κ2) is 6.55. The molecule has 4 heteroatoms. The zero-order valence-electron chi connectivity index (χ0n) is 11.7. The number of rotatable bonds is 6. The minimum absolute atomic E-state index is 0.801. The molecule has 2 heterocycles. The summed E-state index contributed by atoms with van der Waals surface area (Å²) in [6.07, 6.45) is 5.78. The van der Waals surface area contributed by atoms with Gasteiger partial charge in [0.1, 0.15) is 5.76 Å². The fourth-order valence-corrected chi connectivity index (χ4v) is 2.83. The van der Waals surface area contributed by atoms with E-state index >= 15 is 0 Å². The largest absolute Gasteiger partial charge is 0.468 e. The van der Waals surface area contributed by atoms with Crippen molar-refractivity contribution in [1.29, 1.82) is 0 Å². The van der Waals surface area contributed by atoms with E-state index in [4.69, 9.17) is 4.42 Å². The van der Waals surface area contributed by atoms with Crippen molar-refractivity contribution >= 4 is 0 Å². The predicted octanol–water partition coefficient (Wildman–Crippen LogP) is 1.54. The number of hydrogen-bond acceptors (Lipinski definition) is 4. The number of hydrogen-bond donors (Lipinski definition) is 1. The maximum absolute atomic E-state index is 5.49. The van der Waals surface area contributed by atoms with Crippen molar-refractivity contribution < 1.29 is 4.42 Å². The van der Waals surface area contributed by atoms with E-state index in [0.29, 0.717) is 0 Å². The summed E-state index contributed by atoms with van der Waals surface area (Å²) in [4.78, 5) is 5.19. The Morgan fingerprint density at radius 3 is 3.05 bits per heavy atom. The van der Waals surface area contributed by atoms with Gasteiger partial charge in [-0.1, -0.05) is 0 Å². The number of nitrogens with zero attached hydrogens (tertiary/aromatic N) is 2. The Balaban J connectivity index is 1.47. The molecule has 0 aromatic carbocycles. The second-order valence-corrected chi connectivity index (χ2v) is 5.73. The van der Waals surface area contributed by atoms with Gasteiger partial charge in [0.15, 0.2) is 0 Å². The highest BCUT2D eigenvalue weighted by Gasteiger charge is 2.29. The minimum atomic E-state index is 0.801. The summed E-state index contributed by atoms with van der Waals surface area (Å²) in [7, 11) is 0. The molecule has 1 N–H and O–H groups in total. The van der Waals surface area contributed by atoms with Crippen LogP contribution < -0.4 is 5.32 Å². The molecule has 1 aliphatic heterocycles. The Morgan fingerprint density at radius 2 is 2.26 bits per heavy atom. The highest BCUT2D eigenvalue weighted by Crippen LogP contribution is 2.28. The van der Waals surface area contributed by atoms with E-state index in [0.717, 1.165) is 24.9 Å². The molecule has 19 heavy (non-hydrogen) atoms. The Morgan fingerprint density at radius 1 is 1.32 bits per heavy atom. The fourth-order valence-electron chi connectivity index (χ4n) is 2.83.